The summed E-state index contributed by atoms with van der Waals surface area (Å²) in [4.78, 5) is 0. The number of halogens is 16. The van der Waals surface area contributed by atoms with Crippen LogP contribution in [0.25, 0.3) is 0 Å². The zero-order valence-electron chi connectivity index (χ0n) is 11.3. The van der Waals surface area contributed by atoms with Crippen molar-refractivity contribution in [3.8, 4) is 0 Å². The van der Waals surface area contributed by atoms with Gasteiger partial charge in [-0.1, -0.05) is 0 Å². The number of hydrogen-bond donors (Lipinski definition) is 0. The first-order valence-corrected chi connectivity index (χ1v) is 7.84. The van der Waals surface area contributed by atoms with Gasteiger partial charge >= 0.3 is 46.5 Å². The van der Waals surface area contributed by atoms with Gasteiger partial charge in [0.15, 0.2) is 0 Å². The van der Waals surface area contributed by atoms with Gasteiger partial charge in [-0.2, -0.15) is 57.1 Å². The van der Waals surface area contributed by atoms with Crippen LogP contribution in [-0.2, 0) is 9.05 Å². The molecule has 0 heterocycles. The lowest BCUT2D eigenvalue weighted by atomic mass is 9.69. The molecule has 0 atom stereocenters. The molecule has 0 aliphatic heterocycles. The molecule has 1 saturated carbocycles. The Balaban J connectivity index is 4.26. The molecule has 0 spiro atoms. The van der Waals surface area contributed by atoms with Crippen molar-refractivity contribution < 1.29 is 74.3 Å². The maximum absolute atomic E-state index is 13.8. The van der Waals surface area contributed by atoms with Gasteiger partial charge in [-0.3, -0.25) is 0 Å². The summed E-state index contributed by atoms with van der Waals surface area (Å²) in [5, 5.41) is -7.70. The maximum Gasteiger partial charge on any atom is 0.457 e. The van der Waals surface area contributed by atoms with Crippen molar-refractivity contribution in [1.29, 1.82) is 0 Å². The summed E-state index contributed by atoms with van der Waals surface area (Å²) in [5.41, 5.74) is -8.55. The van der Waals surface area contributed by atoms with E-state index < -0.39 is 55.5 Å². The van der Waals surface area contributed by atoms with E-state index in [2.05, 4.69) is 10.7 Å². The highest BCUT2D eigenvalue weighted by Gasteiger charge is 3.08. The van der Waals surface area contributed by atoms with Gasteiger partial charge in [0.2, 0.25) is 0 Å². The third-order valence-corrected chi connectivity index (χ3v) is 5.41. The smallest absolute Gasteiger partial charge is 0.223 e. The Bertz CT molecular complexity index is 709. The van der Waals surface area contributed by atoms with E-state index in [1.807, 2.05) is 0 Å². The molecular formula is C8ClF15O2S. The van der Waals surface area contributed by atoms with Crippen LogP contribution in [0.5, 0.6) is 0 Å². The van der Waals surface area contributed by atoms with Crippen molar-refractivity contribution in [3.63, 3.8) is 0 Å². The Morgan fingerprint density at radius 1 is 0.593 bits per heavy atom. The second kappa shape index (κ2) is 5.21. The molecule has 1 aliphatic rings. The van der Waals surface area contributed by atoms with Crippen molar-refractivity contribution in [2.24, 2.45) is 0 Å². The van der Waals surface area contributed by atoms with Gasteiger partial charge in [-0.05, 0) is 0 Å². The van der Waals surface area contributed by atoms with E-state index in [1.165, 1.54) is 0 Å². The molecule has 2 nitrogen and oxygen atoms in total. The summed E-state index contributed by atoms with van der Waals surface area (Å²) >= 11 is 0. The van der Waals surface area contributed by atoms with Crippen molar-refractivity contribution in [2.45, 2.75) is 46.5 Å². The van der Waals surface area contributed by atoms with Crippen LogP contribution in [0.1, 0.15) is 0 Å². The average Bonchev–Trinajstić information content (AvgIpc) is 2.40. The largest absolute Gasteiger partial charge is 0.457 e. The summed E-state index contributed by atoms with van der Waals surface area (Å²) in [7, 11) is -3.95. The molecule has 0 bridgehead atoms. The second-order valence-electron chi connectivity index (χ2n) is 5.06. The molecule has 1 rings (SSSR count). The van der Waals surface area contributed by atoms with Crippen LogP contribution in [0.15, 0.2) is 0 Å². The fraction of sp³-hybridized carbons (Fsp3) is 1.00. The molecule has 162 valence electrons. The summed E-state index contributed by atoms with van der Waals surface area (Å²) in [6, 6.07) is 0. The Hall–Kier alpha value is -0.810. The van der Waals surface area contributed by atoms with Gasteiger partial charge < -0.3 is 0 Å². The lowest BCUT2D eigenvalue weighted by Gasteiger charge is -2.55. The normalized spacial score (nSPS) is 35.7. The molecule has 0 aromatic rings. The maximum atomic E-state index is 13.8. The molecular weight excluding hydrogens is 481 g/mol. The fourth-order valence-corrected chi connectivity index (χ4v) is 3.58. The summed E-state index contributed by atoms with van der Waals surface area (Å²) < 4.78 is 219. The van der Waals surface area contributed by atoms with Gasteiger partial charge in [0.05, 0.1) is 0 Å². The summed E-state index contributed by atoms with van der Waals surface area (Å²) in [6.45, 7) is 0. The van der Waals surface area contributed by atoms with E-state index in [4.69, 9.17) is 0 Å². The summed E-state index contributed by atoms with van der Waals surface area (Å²) in [6.07, 6.45) is -7.92. The topological polar surface area (TPSA) is 34.1 Å². The SMILES string of the molecule is O=S(=O)(Cl)C1(F)C(F)(F)C(F)(F)C(F)(C(F)(F)C(F)(F)F)C(F)(F)C1(F)F. The Morgan fingerprint density at radius 2 is 0.852 bits per heavy atom. The molecule has 0 saturated heterocycles. The van der Waals surface area contributed by atoms with Gasteiger partial charge in [0, 0.05) is 10.7 Å². The number of hydrogen-bond acceptors (Lipinski definition) is 2. The van der Waals surface area contributed by atoms with Crippen LogP contribution in [0.4, 0.5) is 65.9 Å². The zero-order valence-corrected chi connectivity index (χ0v) is 12.8. The predicted octanol–water partition coefficient (Wildman–Crippen LogP) is 4.68. The molecule has 0 N–H and O–H groups in total. The van der Waals surface area contributed by atoms with Crippen molar-refractivity contribution >= 4 is 19.7 Å². The molecule has 0 aromatic heterocycles. The highest BCUT2D eigenvalue weighted by Crippen LogP contribution is 2.74. The minimum Gasteiger partial charge on any atom is -0.223 e. The van der Waals surface area contributed by atoms with Crippen molar-refractivity contribution in [1.82, 2.24) is 0 Å². The Kier molecular flexibility index (Phi) is 4.68. The third-order valence-electron chi connectivity index (χ3n) is 3.59. The van der Waals surface area contributed by atoms with Gasteiger partial charge in [-0.25, -0.2) is 17.2 Å². The van der Waals surface area contributed by atoms with Crippen LogP contribution in [-0.4, -0.2) is 54.9 Å². The standard InChI is InChI=1S/C8ClF15O2S/c9-27(25,26)7(21)5(17,18)2(11,12)1(10,3(13,14)6(7,19)20)4(15,16)8(22,23)24. The summed E-state index contributed by atoms with van der Waals surface area (Å²) in [5.74, 6) is -41.4. The van der Waals surface area contributed by atoms with E-state index >= 15 is 0 Å². The first-order chi connectivity index (χ1) is 11.2. The highest BCUT2D eigenvalue weighted by atomic mass is 35.7. The first-order valence-electron chi connectivity index (χ1n) is 5.53. The fourth-order valence-electron chi connectivity index (χ4n) is 2.13. The van der Waals surface area contributed by atoms with Crippen LogP contribution in [0, 0.1) is 0 Å². The minimum absolute atomic E-state index is 3.71. The van der Waals surface area contributed by atoms with Crippen LogP contribution in [0.2, 0.25) is 0 Å². The minimum atomic E-state index is -8.55. The van der Waals surface area contributed by atoms with Gasteiger partial charge in [0.25, 0.3) is 9.05 Å². The molecule has 19 heteroatoms. The van der Waals surface area contributed by atoms with E-state index in [0.717, 1.165) is 0 Å². The lowest BCUT2D eigenvalue weighted by Crippen LogP contribution is -2.90. The predicted molar refractivity (Wildman–Crippen MR) is 53.2 cm³/mol. The molecule has 27 heavy (non-hydrogen) atoms. The molecule has 1 fully saturated rings. The van der Waals surface area contributed by atoms with E-state index in [-0.39, 0.29) is 0 Å². The lowest BCUT2D eigenvalue weighted by molar-refractivity contribution is -0.492. The Morgan fingerprint density at radius 3 is 1.04 bits per heavy atom. The zero-order chi connectivity index (χ0) is 22.5. The highest BCUT2D eigenvalue weighted by molar-refractivity contribution is 8.14. The van der Waals surface area contributed by atoms with Gasteiger partial charge in [0.1, 0.15) is 0 Å². The van der Waals surface area contributed by atoms with Crippen molar-refractivity contribution in [3.05, 3.63) is 0 Å². The molecule has 0 amide bonds. The molecule has 0 unspecified atom stereocenters. The third kappa shape index (κ3) is 2.11. The van der Waals surface area contributed by atoms with Crippen LogP contribution in [0.3, 0.4) is 0 Å². The average molecular weight is 481 g/mol. The molecule has 1 aliphatic carbocycles. The van der Waals surface area contributed by atoms with Crippen LogP contribution < -0.4 is 0 Å². The van der Waals surface area contributed by atoms with Crippen molar-refractivity contribution in [2.75, 3.05) is 0 Å². The second-order valence-corrected chi connectivity index (χ2v) is 7.72. The number of rotatable bonds is 2. The number of alkyl halides is 15. The molecule has 0 aromatic carbocycles. The Labute approximate surface area is 141 Å². The monoisotopic (exact) mass is 480 g/mol. The quantitative estimate of drug-likeness (QED) is 0.425. The first kappa shape index (κ1) is 24.2. The van der Waals surface area contributed by atoms with E-state index in [1.54, 1.807) is 0 Å². The van der Waals surface area contributed by atoms with E-state index in [0.29, 0.717) is 0 Å². The molecule has 0 radical (unpaired) electrons. The van der Waals surface area contributed by atoms with Gasteiger partial charge in [-0.15, -0.1) is 0 Å². The van der Waals surface area contributed by atoms with Crippen LogP contribution >= 0.6 is 10.7 Å². The van der Waals surface area contributed by atoms with E-state index in [9.17, 15) is 74.3 Å².